The zero-order valence-corrected chi connectivity index (χ0v) is 16.2. The van der Waals surface area contributed by atoms with E-state index < -0.39 is 17.5 Å². The van der Waals surface area contributed by atoms with Gasteiger partial charge in [0.05, 0.1) is 5.56 Å². The quantitative estimate of drug-likeness (QED) is 0.761. The molecule has 0 spiro atoms. The van der Waals surface area contributed by atoms with Gasteiger partial charge < -0.3 is 9.80 Å². The van der Waals surface area contributed by atoms with E-state index in [9.17, 15) is 18.4 Å². The summed E-state index contributed by atoms with van der Waals surface area (Å²) in [6.45, 7) is 1.50. The lowest BCUT2D eigenvalue weighted by atomic mass is 9.94. The predicted octanol–water partition coefficient (Wildman–Crippen LogP) is 4.19. The molecule has 1 saturated heterocycles. The Hall–Kier alpha value is -2.76. The van der Waals surface area contributed by atoms with Gasteiger partial charge in [0.25, 0.3) is 5.91 Å². The van der Waals surface area contributed by atoms with Crippen molar-refractivity contribution in [3.8, 4) is 0 Å². The molecule has 0 atom stereocenters. The van der Waals surface area contributed by atoms with Crippen LogP contribution in [0, 0.1) is 17.6 Å². The Balaban J connectivity index is 1.43. The van der Waals surface area contributed by atoms with E-state index in [0.717, 1.165) is 43.6 Å². The van der Waals surface area contributed by atoms with Crippen molar-refractivity contribution < 1.29 is 18.4 Å². The SMILES string of the molecule is O=C(c1ccc(F)cc1F)N1CCC(C(=O)N2CCCCc3ccccc32)CC1. The van der Waals surface area contributed by atoms with E-state index in [1.807, 2.05) is 23.1 Å². The number of amides is 2. The van der Waals surface area contributed by atoms with Crippen LogP contribution in [0.4, 0.5) is 14.5 Å². The van der Waals surface area contributed by atoms with Crippen LogP contribution in [0.15, 0.2) is 42.5 Å². The second-order valence-electron chi connectivity index (χ2n) is 7.77. The van der Waals surface area contributed by atoms with Crippen LogP contribution < -0.4 is 4.90 Å². The van der Waals surface area contributed by atoms with Crippen LogP contribution in [-0.2, 0) is 11.2 Å². The number of rotatable bonds is 2. The Morgan fingerprint density at radius 1 is 0.931 bits per heavy atom. The smallest absolute Gasteiger partial charge is 0.256 e. The molecule has 2 heterocycles. The van der Waals surface area contributed by atoms with Crippen molar-refractivity contribution in [1.29, 1.82) is 0 Å². The Labute approximate surface area is 169 Å². The lowest BCUT2D eigenvalue weighted by Gasteiger charge is -2.34. The number of aryl methyl sites for hydroxylation is 1. The van der Waals surface area contributed by atoms with E-state index in [1.54, 1.807) is 4.90 Å². The fourth-order valence-electron chi connectivity index (χ4n) is 4.30. The molecule has 0 bridgehead atoms. The maximum Gasteiger partial charge on any atom is 0.256 e. The van der Waals surface area contributed by atoms with Gasteiger partial charge in [0, 0.05) is 37.3 Å². The summed E-state index contributed by atoms with van der Waals surface area (Å²) in [6, 6.07) is 11.0. The molecule has 0 N–H and O–H groups in total. The average molecular weight is 398 g/mol. The van der Waals surface area contributed by atoms with E-state index in [4.69, 9.17) is 0 Å². The Morgan fingerprint density at radius 3 is 2.45 bits per heavy atom. The first kappa shape index (κ1) is 19.6. The summed E-state index contributed by atoms with van der Waals surface area (Å²) in [5, 5.41) is 0. The molecule has 0 unspecified atom stereocenters. The van der Waals surface area contributed by atoms with Crippen LogP contribution in [0.2, 0.25) is 0 Å². The van der Waals surface area contributed by atoms with Crippen molar-refractivity contribution in [2.45, 2.75) is 32.1 Å². The number of carbonyl (C=O) groups is 2. The van der Waals surface area contributed by atoms with Gasteiger partial charge >= 0.3 is 0 Å². The number of benzene rings is 2. The van der Waals surface area contributed by atoms with E-state index in [-0.39, 0.29) is 17.4 Å². The van der Waals surface area contributed by atoms with Gasteiger partial charge in [-0.15, -0.1) is 0 Å². The molecular weight excluding hydrogens is 374 g/mol. The highest BCUT2D eigenvalue weighted by atomic mass is 19.1. The fourth-order valence-corrected chi connectivity index (χ4v) is 4.30. The first-order valence-corrected chi connectivity index (χ1v) is 10.2. The highest BCUT2D eigenvalue weighted by Crippen LogP contribution is 2.30. The normalized spacial score (nSPS) is 17.6. The maximum absolute atomic E-state index is 13.9. The molecule has 0 saturated carbocycles. The van der Waals surface area contributed by atoms with Crippen molar-refractivity contribution in [3.63, 3.8) is 0 Å². The van der Waals surface area contributed by atoms with Crippen LogP contribution in [0.3, 0.4) is 0 Å². The molecular formula is C23H24F2N2O2. The Morgan fingerprint density at radius 2 is 1.69 bits per heavy atom. The summed E-state index contributed by atoms with van der Waals surface area (Å²) in [7, 11) is 0. The van der Waals surface area contributed by atoms with Crippen LogP contribution in [-0.4, -0.2) is 36.3 Å². The molecule has 0 radical (unpaired) electrons. The first-order valence-electron chi connectivity index (χ1n) is 10.2. The third-order valence-electron chi connectivity index (χ3n) is 5.92. The number of halogens is 2. The molecule has 2 aromatic rings. The number of anilines is 1. The number of nitrogens with zero attached hydrogens (tertiary/aromatic N) is 2. The fraction of sp³-hybridized carbons (Fsp3) is 0.391. The van der Waals surface area contributed by atoms with E-state index in [0.29, 0.717) is 25.9 Å². The highest BCUT2D eigenvalue weighted by molar-refractivity contribution is 5.97. The Kier molecular flexibility index (Phi) is 5.60. The molecule has 2 aliphatic heterocycles. The molecule has 2 amide bonds. The van der Waals surface area contributed by atoms with Gasteiger partial charge in [0.1, 0.15) is 11.6 Å². The average Bonchev–Trinajstić information content (AvgIpc) is 2.95. The summed E-state index contributed by atoms with van der Waals surface area (Å²) in [5.74, 6) is -2.05. The second kappa shape index (κ2) is 8.31. The van der Waals surface area contributed by atoms with E-state index in [1.165, 1.54) is 11.6 Å². The summed E-state index contributed by atoms with van der Waals surface area (Å²) >= 11 is 0. The predicted molar refractivity (Wildman–Crippen MR) is 107 cm³/mol. The van der Waals surface area contributed by atoms with Crippen molar-refractivity contribution in [2.75, 3.05) is 24.5 Å². The monoisotopic (exact) mass is 398 g/mol. The number of hydrogen-bond acceptors (Lipinski definition) is 2. The first-order chi connectivity index (χ1) is 14.0. The molecule has 6 heteroatoms. The number of likely N-dealkylation sites (tertiary alicyclic amines) is 1. The minimum atomic E-state index is -0.852. The van der Waals surface area contributed by atoms with Gasteiger partial charge in [-0.2, -0.15) is 0 Å². The van der Waals surface area contributed by atoms with Crippen LogP contribution >= 0.6 is 0 Å². The third-order valence-corrected chi connectivity index (χ3v) is 5.92. The third kappa shape index (κ3) is 4.02. The Bertz CT molecular complexity index is 923. The van der Waals surface area contributed by atoms with Gasteiger partial charge in [0.2, 0.25) is 5.91 Å². The van der Waals surface area contributed by atoms with Crippen LogP contribution in [0.1, 0.15) is 41.6 Å². The minimum Gasteiger partial charge on any atom is -0.339 e. The summed E-state index contributed by atoms with van der Waals surface area (Å²) in [5.41, 5.74) is 2.08. The van der Waals surface area contributed by atoms with Crippen LogP contribution in [0.25, 0.3) is 0 Å². The topological polar surface area (TPSA) is 40.6 Å². The maximum atomic E-state index is 13.9. The molecule has 29 heavy (non-hydrogen) atoms. The van der Waals surface area contributed by atoms with Gasteiger partial charge in [-0.3, -0.25) is 9.59 Å². The summed E-state index contributed by atoms with van der Waals surface area (Å²) in [6.07, 6.45) is 4.12. The number of piperidine rings is 1. The molecule has 2 aromatic carbocycles. The van der Waals surface area contributed by atoms with E-state index in [2.05, 4.69) is 6.07 Å². The zero-order chi connectivity index (χ0) is 20.4. The highest BCUT2D eigenvalue weighted by Gasteiger charge is 2.32. The largest absolute Gasteiger partial charge is 0.339 e. The van der Waals surface area contributed by atoms with Gasteiger partial charge in [-0.25, -0.2) is 8.78 Å². The van der Waals surface area contributed by atoms with Gasteiger partial charge in [0.15, 0.2) is 0 Å². The second-order valence-corrected chi connectivity index (χ2v) is 7.77. The summed E-state index contributed by atoms with van der Waals surface area (Å²) < 4.78 is 27.0. The lowest BCUT2D eigenvalue weighted by molar-refractivity contribution is -0.123. The van der Waals surface area contributed by atoms with Gasteiger partial charge in [-0.05, 0) is 55.9 Å². The zero-order valence-electron chi connectivity index (χ0n) is 16.2. The molecule has 152 valence electrons. The number of hydrogen-bond donors (Lipinski definition) is 0. The van der Waals surface area contributed by atoms with Crippen LogP contribution in [0.5, 0.6) is 0 Å². The molecule has 2 aliphatic rings. The number of fused-ring (bicyclic) bond motifs is 1. The van der Waals surface area contributed by atoms with Crippen molar-refractivity contribution >= 4 is 17.5 Å². The minimum absolute atomic E-state index is 0.111. The number of carbonyl (C=O) groups excluding carboxylic acids is 2. The molecule has 1 fully saturated rings. The lowest BCUT2D eigenvalue weighted by Crippen LogP contribution is -2.45. The van der Waals surface area contributed by atoms with Gasteiger partial charge in [-0.1, -0.05) is 18.2 Å². The standard InChI is InChI=1S/C23H24F2N2O2/c24-18-8-9-19(20(25)15-18)23(29)26-13-10-17(11-14-26)22(28)27-12-4-3-6-16-5-1-2-7-21(16)27/h1-2,5,7-9,15,17H,3-4,6,10-14H2. The molecule has 4 nitrogen and oxygen atoms in total. The number of para-hydroxylation sites is 1. The van der Waals surface area contributed by atoms with Crippen molar-refractivity contribution in [3.05, 3.63) is 65.2 Å². The molecule has 4 rings (SSSR count). The molecule has 0 aliphatic carbocycles. The van der Waals surface area contributed by atoms with Crippen molar-refractivity contribution in [2.24, 2.45) is 5.92 Å². The molecule has 0 aromatic heterocycles. The van der Waals surface area contributed by atoms with E-state index >= 15 is 0 Å². The summed E-state index contributed by atoms with van der Waals surface area (Å²) in [4.78, 5) is 29.3. The van der Waals surface area contributed by atoms with Crippen molar-refractivity contribution in [1.82, 2.24) is 4.90 Å².